The quantitative estimate of drug-likeness (QED) is 0.662. The molecule has 3 fully saturated rings. The van der Waals surface area contributed by atoms with Crippen LogP contribution in [0.25, 0.3) is 0 Å². The normalized spacial score (nSPS) is 24.2. The molecule has 158 valence electrons. The van der Waals surface area contributed by atoms with E-state index in [4.69, 9.17) is 4.74 Å². The van der Waals surface area contributed by atoms with Crippen molar-refractivity contribution in [3.8, 4) is 0 Å². The molecule has 3 aliphatic rings. The lowest BCUT2D eigenvalue weighted by atomic mass is 9.84. The molecule has 0 bridgehead atoms. The van der Waals surface area contributed by atoms with Crippen molar-refractivity contribution >= 4 is 21.7 Å². The number of rotatable bonds is 6. The van der Waals surface area contributed by atoms with E-state index in [1.807, 2.05) is 12.1 Å². The van der Waals surface area contributed by atoms with Gasteiger partial charge in [0.05, 0.1) is 17.1 Å². The van der Waals surface area contributed by atoms with Gasteiger partial charge in [0, 0.05) is 12.1 Å². The van der Waals surface area contributed by atoms with Gasteiger partial charge in [-0.1, -0.05) is 31.4 Å². The van der Waals surface area contributed by atoms with Crippen molar-refractivity contribution in [2.75, 3.05) is 18.1 Å². The zero-order valence-electron chi connectivity index (χ0n) is 16.7. The topological polar surface area (TPSA) is 80.8 Å². The maximum absolute atomic E-state index is 12.7. The molecule has 2 saturated carbocycles. The van der Waals surface area contributed by atoms with Crippen LogP contribution in [0, 0.1) is 0 Å². The van der Waals surface area contributed by atoms with Crippen LogP contribution in [0.2, 0.25) is 0 Å². The molecule has 0 radical (unpaired) electrons. The van der Waals surface area contributed by atoms with E-state index in [1.54, 1.807) is 17.0 Å². The fraction of sp³-hybridized carbons (Fsp3) is 0.636. The second kappa shape index (κ2) is 8.46. The summed E-state index contributed by atoms with van der Waals surface area (Å²) in [6.07, 6.45) is 8.48. The third-order valence-electron chi connectivity index (χ3n) is 6.38. The Morgan fingerprint density at radius 3 is 2.21 bits per heavy atom. The van der Waals surface area contributed by atoms with Gasteiger partial charge in [-0.05, 0) is 55.7 Å². The van der Waals surface area contributed by atoms with Crippen LogP contribution >= 0.6 is 0 Å². The average molecular weight is 420 g/mol. The van der Waals surface area contributed by atoms with Crippen molar-refractivity contribution < 1.29 is 22.7 Å². The molecule has 1 aromatic carbocycles. The Labute approximate surface area is 172 Å². The number of amides is 1. The van der Waals surface area contributed by atoms with Crippen LogP contribution in [0.1, 0.15) is 73.2 Å². The molecule has 1 amide bonds. The lowest BCUT2D eigenvalue weighted by molar-refractivity contribution is -0.137. The molecule has 7 heteroatoms. The van der Waals surface area contributed by atoms with Gasteiger partial charge in [-0.2, -0.15) is 0 Å². The Morgan fingerprint density at radius 1 is 0.931 bits per heavy atom. The van der Waals surface area contributed by atoms with E-state index in [0.29, 0.717) is 17.9 Å². The minimum atomic E-state index is -3.07. The van der Waals surface area contributed by atoms with Crippen molar-refractivity contribution in [3.63, 3.8) is 0 Å². The summed E-state index contributed by atoms with van der Waals surface area (Å²) in [7, 11) is -3.07. The van der Waals surface area contributed by atoms with E-state index >= 15 is 0 Å². The first-order valence-electron chi connectivity index (χ1n) is 10.7. The monoisotopic (exact) mass is 419 g/mol. The van der Waals surface area contributed by atoms with Gasteiger partial charge in [-0.15, -0.1) is 0 Å². The van der Waals surface area contributed by atoms with E-state index in [1.165, 1.54) is 37.7 Å². The largest absolute Gasteiger partial charge is 0.452 e. The summed E-state index contributed by atoms with van der Waals surface area (Å²) in [5.74, 6) is -0.0806. The maximum atomic E-state index is 12.7. The highest BCUT2D eigenvalue weighted by Crippen LogP contribution is 2.33. The molecule has 4 rings (SSSR count). The third kappa shape index (κ3) is 5.00. The van der Waals surface area contributed by atoms with Crippen molar-refractivity contribution in [1.82, 2.24) is 4.90 Å². The SMILES string of the molecule is O=C(OCC(=O)N(C1CC1)[C@@H]1CCS(=O)(=O)C1)c1ccc(C2CCCCC2)cc1. The molecule has 1 aromatic rings. The fourth-order valence-corrected chi connectivity index (χ4v) is 6.38. The molecule has 1 saturated heterocycles. The number of carbonyl (C=O) groups is 2. The van der Waals surface area contributed by atoms with E-state index < -0.39 is 15.8 Å². The molecule has 1 aliphatic heterocycles. The van der Waals surface area contributed by atoms with E-state index in [-0.39, 0.29) is 36.1 Å². The highest BCUT2D eigenvalue weighted by Gasteiger charge is 2.42. The predicted octanol–water partition coefficient (Wildman–Crippen LogP) is 3.07. The average Bonchev–Trinajstić information content (AvgIpc) is 3.49. The van der Waals surface area contributed by atoms with Crippen LogP contribution in [0.5, 0.6) is 0 Å². The molecular weight excluding hydrogens is 390 g/mol. The number of nitrogens with zero attached hydrogens (tertiary/aromatic N) is 1. The first-order chi connectivity index (χ1) is 13.9. The molecule has 29 heavy (non-hydrogen) atoms. The van der Waals surface area contributed by atoms with Crippen molar-refractivity contribution in [3.05, 3.63) is 35.4 Å². The smallest absolute Gasteiger partial charge is 0.338 e. The van der Waals surface area contributed by atoms with Crippen molar-refractivity contribution in [2.24, 2.45) is 0 Å². The summed E-state index contributed by atoms with van der Waals surface area (Å²) in [5, 5.41) is 0. The zero-order valence-corrected chi connectivity index (χ0v) is 17.5. The van der Waals surface area contributed by atoms with Crippen molar-refractivity contribution in [2.45, 2.75) is 69.4 Å². The summed E-state index contributed by atoms with van der Waals surface area (Å²) in [5.41, 5.74) is 1.71. The molecule has 0 spiro atoms. The van der Waals surface area contributed by atoms with Gasteiger partial charge in [0.1, 0.15) is 0 Å². The minimum Gasteiger partial charge on any atom is -0.452 e. The van der Waals surface area contributed by atoms with Gasteiger partial charge >= 0.3 is 5.97 Å². The zero-order chi connectivity index (χ0) is 20.4. The Balaban J connectivity index is 1.33. The summed E-state index contributed by atoms with van der Waals surface area (Å²) >= 11 is 0. The second-order valence-electron chi connectivity index (χ2n) is 8.62. The summed E-state index contributed by atoms with van der Waals surface area (Å²) in [4.78, 5) is 26.7. The number of esters is 1. The van der Waals surface area contributed by atoms with Gasteiger partial charge in [0.2, 0.25) is 0 Å². The van der Waals surface area contributed by atoms with Gasteiger partial charge in [-0.3, -0.25) is 4.79 Å². The first-order valence-corrected chi connectivity index (χ1v) is 12.5. The number of benzene rings is 1. The van der Waals surface area contributed by atoms with Crippen molar-refractivity contribution in [1.29, 1.82) is 0 Å². The number of sulfone groups is 1. The fourth-order valence-electron chi connectivity index (χ4n) is 4.67. The predicted molar refractivity (Wildman–Crippen MR) is 109 cm³/mol. The van der Waals surface area contributed by atoms with E-state index in [0.717, 1.165) is 12.8 Å². The van der Waals surface area contributed by atoms with Crippen LogP contribution in [0.15, 0.2) is 24.3 Å². The number of carbonyl (C=O) groups excluding carboxylic acids is 2. The highest BCUT2D eigenvalue weighted by molar-refractivity contribution is 7.91. The summed E-state index contributed by atoms with van der Waals surface area (Å²) < 4.78 is 28.8. The second-order valence-corrected chi connectivity index (χ2v) is 10.9. The Morgan fingerprint density at radius 2 is 1.62 bits per heavy atom. The van der Waals surface area contributed by atoms with Gasteiger partial charge in [0.15, 0.2) is 16.4 Å². The first kappa shape index (κ1) is 20.4. The van der Waals surface area contributed by atoms with Crippen LogP contribution in [0.3, 0.4) is 0 Å². The molecule has 0 unspecified atom stereocenters. The van der Waals surface area contributed by atoms with Crippen LogP contribution < -0.4 is 0 Å². The number of ether oxygens (including phenoxy) is 1. The van der Waals surface area contributed by atoms with E-state index in [9.17, 15) is 18.0 Å². The number of hydrogen-bond donors (Lipinski definition) is 0. The minimum absolute atomic E-state index is 0.0197. The lowest BCUT2D eigenvalue weighted by Crippen LogP contribution is -2.44. The third-order valence-corrected chi connectivity index (χ3v) is 8.13. The van der Waals surface area contributed by atoms with Gasteiger partial charge in [0.25, 0.3) is 5.91 Å². The van der Waals surface area contributed by atoms with E-state index in [2.05, 4.69) is 0 Å². The Hall–Kier alpha value is -1.89. The van der Waals surface area contributed by atoms with Gasteiger partial charge < -0.3 is 9.64 Å². The van der Waals surface area contributed by atoms with Gasteiger partial charge in [-0.25, -0.2) is 13.2 Å². The lowest BCUT2D eigenvalue weighted by Gasteiger charge is -2.28. The van der Waals surface area contributed by atoms with Crippen LogP contribution in [-0.2, 0) is 19.4 Å². The highest BCUT2D eigenvalue weighted by atomic mass is 32.2. The molecule has 0 N–H and O–H groups in total. The molecule has 6 nitrogen and oxygen atoms in total. The summed E-state index contributed by atoms with van der Waals surface area (Å²) in [6.45, 7) is -0.337. The number of hydrogen-bond acceptors (Lipinski definition) is 5. The summed E-state index contributed by atoms with van der Waals surface area (Å²) in [6, 6.07) is 7.35. The molecule has 0 aromatic heterocycles. The Bertz CT molecular complexity index is 854. The maximum Gasteiger partial charge on any atom is 0.338 e. The molecule has 1 atom stereocenters. The molecular formula is C22H29NO5S. The molecule has 1 heterocycles. The molecule has 2 aliphatic carbocycles. The van der Waals surface area contributed by atoms with Crippen LogP contribution in [0.4, 0.5) is 0 Å². The Kier molecular flexibility index (Phi) is 5.95. The van der Waals surface area contributed by atoms with Crippen LogP contribution in [-0.4, -0.2) is 55.4 Å². The standard InChI is InChI=1S/C22H29NO5S/c24-21(23(19-10-11-19)20-12-13-29(26,27)15-20)14-28-22(25)18-8-6-17(7-9-18)16-4-2-1-3-5-16/h6-9,16,19-20H,1-5,10-15H2/t20-/m1/s1.